The first-order chi connectivity index (χ1) is 14.6. The summed E-state index contributed by atoms with van der Waals surface area (Å²) >= 11 is 12.1. The van der Waals surface area contributed by atoms with Crippen molar-refractivity contribution in [3.8, 4) is 5.75 Å². The lowest BCUT2D eigenvalue weighted by Crippen LogP contribution is -2.17. The van der Waals surface area contributed by atoms with Crippen molar-refractivity contribution < 1.29 is 17.9 Å². The van der Waals surface area contributed by atoms with E-state index in [-0.39, 0.29) is 49.6 Å². The van der Waals surface area contributed by atoms with E-state index < -0.39 is 15.8 Å². The predicted molar refractivity (Wildman–Crippen MR) is 119 cm³/mol. The molecule has 11 heteroatoms. The van der Waals surface area contributed by atoms with Crippen molar-refractivity contribution in [3.05, 3.63) is 70.1 Å². The zero-order chi connectivity index (χ0) is 22.8. The molecule has 0 bridgehead atoms. The number of nitrogens with two attached hydrogens (primary N) is 1. The maximum Gasteiger partial charge on any atom is 0.262 e. The van der Waals surface area contributed by atoms with Crippen LogP contribution in [0.2, 0.25) is 10.0 Å². The maximum absolute atomic E-state index is 13.0. The number of carbonyl (C=O) groups is 1. The number of aromatic nitrogens is 2. The summed E-state index contributed by atoms with van der Waals surface area (Å²) in [7, 11) is -4.13. The van der Waals surface area contributed by atoms with Gasteiger partial charge in [-0.2, -0.15) is 0 Å². The number of benzene rings is 1. The molecular formula is C20H18Cl2N4O4S. The standard InChI is InChI=1S/C20H18Cl2N4O4S/c1-11(2)30-17-9-14(3-4-15(17)22)31(28,29)26-16-8-13(21)10-25-19(16)20(27)12-5-6-24-18(23)7-12/h3-11,26H,1-2H3,(H2,23,24). The molecule has 0 saturated heterocycles. The molecule has 0 atom stereocenters. The third kappa shape index (κ3) is 5.43. The Kier molecular flexibility index (Phi) is 6.68. The third-order valence-corrected chi connectivity index (χ3v) is 5.81. The van der Waals surface area contributed by atoms with Crippen LogP contribution < -0.4 is 15.2 Å². The number of nitrogens with one attached hydrogen (secondary N) is 1. The number of rotatable bonds is 7. The minimum absolute atomic E-state index is 0.0887. The second-order valence-corrected chi connectivity index (χ2v) is 9.24. The molecule has 1 aromatic carbocycles. The molecule has 31 heavy (non-hydrogen) atoms. The van der Waals surface area contributed by atoms with E-state index in [1.807, 2.05) is 0 Å². The molecule has 0 aliphatic carbocycles. The van der Waals surface area contributed by atoms with Crippen molar-refractivity contribution in [2.45, 2.75) is 24.8 Å². The quantitative estimate of drug-likeness (QED) is 0.485. The minimum Gasteiger partial charge on any atom is -0.489 e. The van der Waals surface area contributed by atoms with Gasteiger partial charge in [-0.1, -0.05) is 23.2 Å². The van der Waals surface area contributed by atoms with E-state index in [9.17, 15) is 13.2 Å². The van der Waals surface area contributed by atoms with Crippen LogP contribution in [0.5, 0.6) is 5.75 Å². The van der Waals surface area contributed by atoms with Crippen molar-refractivity contribution in [1.29, 1.82) is 0 Å². The van der Waals surface area contributed by atoms with Gasteiger partial charge in [-0.3, -0.25) is 9.52 Å². The summed E-state index contributed by atoms with van der Waals surface area (Å²) in [5.74, 6) is -0.198. The number of halogens is 2. The maximum atomic E-state index is 13.0. The normalized spacial score (nSPS) is 11.4. The number of nitrogen functional groups attached to an aromatic ring is 1. The number of pyridine rings is 2. The molecular weight excluding hydrogens is 463 g/mol. The first-order valence-corrected chi connectivity index (χ1v) is 11.2. The van der Waals surface area contributed by atoms with Crippen LogP contribution in [-0.4, -0.2) is 30.3 Å². The Morgan fingerprint density at radius 3 is 2.55 bits per heavy atom. The molecule has 0 fully saturated rings. The number of ether oxygens (including phenoxy) is 1. The fourth-order valence-electron chi connectivity index (χ4n) is 2.62. The van der Waals surface area contributed by atoms with Gasteiger partial charge in [0.1, 0.15) is 17.3 Å². The van der Waals surface area contributed by atoms with E-state index in [4.69, 9.17) is 33.7 Å². The van der Waals surface area contributed by atoms with Gasteiger partial charge in [0.25, 0.3) is 10.0 Å². The summed E-state index contributed by atoms with van der Waals surface area (Å²) in [6.07, 6.45) is 2.40. The molecule has 3 rings (SSSR count). The monoisotopic (exact) mass is 480 g/mol. The lowest BCUT2D eigenvalue weighted by Gasteiger charge is -2.15. The molecule has 0 saturated carbocycles. The number of ketones is 1. The Morgan fingerprint density at radius 1 is 1.13 bits per heavy atom. The Bertz CT molecular complexity index is 1250. The van der Waals surface area contributed by atoms with E-state index in [2.05, 4.69) is 14.7 Å². The summed E-state index contributed by atoms with van der Waals surface area (Å²) in [5, 5.41) is 0.409. The van der Waals surface area contributed by atoms with Crippen LogP contribution in [0.4, 0.5) is 11.5 Å². The summed E-state index contributed by atoms with van der Waals surface area (Å²) < 4.78 is 33.9. The fraction of sp³-hybridized carbons (Fsp3) is 0.150. The van der Waals surface area contributed by atoms with Crippen LogP contribution in [0.15, 0.2) is 53.7 Å². The molecule has 162 valence electrons. The Morgan fingerprint density at radius 2 is 1.87 bits per heavy atom. The average molecular weight is 481 g/mol. The van der Waals surface area contributed by atoms with Crippen LogP contribution in [-0.2, 0) is 10.0 Å². The van der Waals surface area contributed by atoms with E-state index in [1.54, 1.807) is 13.8 Å². The highest BCUT2D eigenvalue weighted by Gasteiger charge is 2.23. The number of carbonyl (C=O) groups excluding carboxylic acids is 1. The van der Waals surface area contributed by atoms with Gasteiger partial charge in [0.05, 0.1) is 26.7 Å². The van der Waals surface area contributed by atoms with Crippen LogP contribution in [0.3, 0.4) is 0 Å². The van der Waals surface area contributed by atoms with Gasteiger partial charge in [0.2, 0.25) is 5.78 Å². The zero-order valence-corrected chi connectivity index (χ0v) is 18.8. The van der Waals surface area contributed by atoms with Crippen molar-refractivity contribution in [1.82, 2.24) is 9.97 Å². The molecule has 3 N–H and O–H groups in total. The van der Waals surface area contributed by atoms with Gasteiger partial charge in [-0.15, -0.1) is 0 Å². The fourth-order valence-corrected chi connectivity index (χ4v) is 4.02. The van der Waals surface area contributed by atoms with Crippen LogP contribution >= 0.6 is 23.2 Å². The first-order valence-electron chi connectivity index (χ1n) is 8.97. The zero-order valence-electron chi connectivity index (χ0n) is 16.5. The molecule has 8 nitrogen and oxygen atoms in total. The van der Waals surface area contributed by atoms with Gasteiger partial charge < -0.3 is 10.5 Å². The molecule has 0 unspecified atom stereocenters. The van der Waals surface area contributed by atoms with Crippen LogP contribution in [0.1, 0.15) is 29.9 Å². The number of sulfonamides is 1. The molecule has 0 spiro atoms. The molecule has 0 aliphatic rings. The average Bonchev–Trinajstić information content (AvgIpc) is 2.68. The Hall–Kier alpha value is -2.88. The van der Waals surface area contributed by atoms with E-state index in [0.717, 1.165) is 0 Å². The van der Waals surface area contributed by atoms with Gasteiger partial charge in [0, 0.05) is 24.0 Å². The third-order valence-electron chi connectivity index (χ3n) is 3.93. The van der Waals surface area contributed by atoms with Crippen molar-refractivity contribution in [2.24, 2.45) is 0 Å². The Labute approximate surface area is 189 Å². The largest absolute Gasteiger partial charge is 0.489 e. The number of hydrogen-bond acceptors (Lipinski definition) is 7. The lowest BCUT2D eigenvalue weighted by atomic mass is 10.1. The Balaban J connectivity index is 2.00. The number of hydrogen-bond donors (Lipinski definition) is 2. The topological polar surface area (TPSA) is 124 Å². The minimum atomic E-state index is -4.13. The van der Waals surface area contributed by atoms with Crippen LogP contribution in [0, 0.1) is 0 Å². The first kappa shape index (κ1) is 22.8. The SMILES string of the molecule is CC(C)Oc1cc(S(=O)(=O)Nc2cc(Cl)cnc2C(=O)c2ccnc(N)c2)ccc1Cl. The highest BCUT2D eigenvalue weighted by Crippen LogP contribution is 2.30. The lowest BCUT2D eigenvalue weighted by molar-refractivity contribution is 0.103. The molecule has 0 radical (unpaired) electrons. The molecule has 0 amide bonds. The highest BCUT2D eigenvalue weighted by atomic mass is 35.5. The molecule has 3 aromatic rings. The summed E-state index contributed by atoms with van der Waals surface area (Å²) in [5.41, 5.74) is 5.60. The van der Waals surface area contributed by atoms with Gasteiger partial charge >= 0.3 is 0 Å². The van der Waals surface area contributed by atoms with Crippen molar-refractivity contribution >= 4 is 50.5 Å². The van der Waals surface area contributed by atoms with Crippen molar-refractivity contribution in [3.63, 3.8) is 0 Å². The predicted octanol–water partition coefficient (Wildman–Crippen LogP) is 4.18. The van der Waals surface area contributed by atoms with Gasteiger partial charge in [-0.25, -0.2) is 18.4 Å². The highest BCUT2D eigenvalue weighted by molar-refractivity contribution is 7.92. The van der Waals surface area contributed by atoms with E-state index in [1.165, 1.54) is 48.8 Å². The van der Waals surface area contributed by atoms with E-state index in [0.29, 0.717) is 0 Å². The van der Waals surface area contributed by atoms with Gasteiger partial charge in [-0.05, 0) is 44.2 Å². The number of anilines is 2. The number of nitrogens with zero attached hydrogens (tertiary/aromatic N) is 2. The van der Waals surface area contributed by atoms with Gasteiger partial charge in [0.15, 0.2) is 0 Å². The second kappa shape index (κ2) is 9.09. The van der Waals surface area contributed by atoms with Crippen LogP contribution in [0.25, 0.3) is 0 Å². The molecule has 2 heterocycles. The summed E-state index contributed by atoms with van der Waals surface area (Å²) in [6.45, 7) is 3.58. The molecule has 0 aliphatic heterocycles. The van der Waals surface area contributed by atoms with E-state index >= 15 is 0 Å². The van der Waals surface area contributed by atoms with Crippen molar-refractivity contribution in [2.75, 3.05) is 10.5 Å². The smallest absolute Gasteiger partial charge is 0.262 e. The molecule has 2 aromatic heterocycles. The summed E-state index contributed by atoms with van der Waals surface area (Å²) in [6, 6.07) is 8.14. The second-order valence-electron chi connectivity index (χ2n) is 6.71. The summed E-state index contributed by atoms with van der Waals surface area (Å²) in [4.78, 5) is 20.7.